The standard InChI is InChI=1S/C16H18N2O5S2/c1-16(2)12(15(22)23)18-13(21)11(14(18)25-16)17-10(20)6-5-8(19)9-4-3-7-24-9/h3-4,7,11-12,14H,5-6H2,1-2H3,(H,17,20)(H,22,23)/t11-,12+,14-/m1/s1. The lowest BCUT2D eigenvalue weighted by atomic mass is 9.96. The number of carboxylic acids is 1. The van der Waals surface area contributed by atoms with E-state index in [4.69, 9.17) is 0 Å². The van der Waals surface area contributed by atoms with E-state index in [1.54, 1.807) is 31.4 Å². The number of hydrogen-bond acceptors (Lipinski definition) is 6. The maximum Gasteiger partial charge on any atom is 0.327 e. The maximum atomic E-state index is 12.3. The van der Waals surface area contributed by atoms with Crippen molar-refractivity contribution in [1.29, 1.82) is 0 Å². The molecule has 2 fully saturated rings. The van der Waals surface area contributed by atoms with E-state index < -0.39 is 22.8 Å². The summed E-state index contributed by atoms with van der Waals surface area (Å²) >= 11 is 2.70. The molecule has 0 spiro atoms. The number of amides is 2. The van der Waals surface area contributed by atoms with Crippen molar-refractivity contribution in [2.24, 2.45) is 0 Å². The predicted molar refractivity (Wildman–Crippen MR) is 93.5 cm³/mol. The summed E-state index contributed by atoms with van der Waals surface area (Å²) in [5, 5.41) is 13.4. The van der Waals surface area contributed by atoms with Crippen molar-refractivity contribution in [3.05, 3.63) is 22.4 Å². The van der Waals surface area contributed by atoms with E-state index in [2.05, 4.69) is 5.32 Å². The molecule has 0 aliphatic carbocycles. The zero-order chi connectivity index (χ0) is 18.4. The van der Waals surface area contributed by atoms with Gasteiger partial charge in [0, 0.05) is 17.6 Å². The molecular weight excluding hydrogens is 364 g/mol. The minimum atomic E-state index is -1.04. The van der Waals surface area contributed by atoms with E-state index in [-0.39, 0.29) is 35.8 Å². The number of hydrogen-bond donors (Lipinski definition) is 2. The highest BCUT2D eigenvalue weighted by Crippen LogP contribution is 2.50. The molecule has 2 N–H and O–H groups in total. The van der Waals surface area contributed by atoms with Crippen molar-refractivity contribution in [2.75, 3.05) is 0 Å². The number of aliphatic carboxylic acids is 1. The first-order valence-electron chi connectivity index (χ1n) is 7.81. The lowest BCUT2D eigenvalue weighted by Gasteiger charge is -2.43. The molecule has 2 aliphatic heterocycles. The van der Waals surface area contributed by atoms with Crippen LogP contribution in [0.1, 0.15) is 36.4 Å². The number of thiophene rings is 1. The highest BCUT2D eigenvalue weighted by Gasteiger charge is 2.64. The lowest BCUT2D eigenvalue weighted by molar-refractivity contribution is -0.161. The van der Waals surface area contributed by atoms with Crippen molar-refractivity contribution in [3.8, 4) is 0 Å². The summed E-state index contributed by atoms with van der Waals surface area (Å²) in [6.07, 6.45) is 0.0850. The Bertz CT molecular complexity index is 731. The maximum absolute atomic E-state index is 12.3. The summed E-state index contributed by atoms with van der Waals surface area (Å²) < 4.78 is -0.624. The van der Waals surface area contributed by atoms with Gasteiger partial charge in [-0.3, -0.25) is 14.4 Å². The topological polar surface area (TPSA) is 104 Å². The minimum Gasteiger partial charge on any atom is -0.480 e. The van der Waals surface area contributed by atoms with Gasteiger partial charge in [-0.05, 0) is 25.3 Å². The number of ketones is 1. The molecular formula is C16H18N2O5S2. The first kappa shape index (κ1) is 17.9. The molecule has 0 radical (unpaired) electrons. The second kappa shape index (κ2) is 6.45. The Morgan fingerprint density at radius 3 is 2.64 bits per heavy atom. The van der Waals surface area contributed by atoms with E-state index in [0.717, 1.165) is 0 Å². The largest absolute Gasteiger partial charge is 0.480 e. The molecule has 0 bridgehead atoms. The summed E-state index contributed by atoms with van der Waals surface area (Å²) in [5.41, 5.74) is 0. The van der Waals surface area contributed by atoms with Gasteiger partial charge in [-0.2, -0.15) is 0 Å². The average Bonchev–Trinajstić information content (AvgIpc) is 3.14. The Kier molecular flexibility index (Phi) is 4.63. The van der Waals surface area contributed by atoms with E-state index >= 15 is 0 Å². The smallest absolute Gasteiger partial charge is 0.327 e. The number of nitrogens with zero attached hydrogens (tertiary/aromatic N) is 1. The highest BCUT2D eigenvalue weighted by molar-refractivity contribution is 8.01. The zero-order valence-electron chi connectivity index (χ0n) is 13.7. The van der Waals surface area contributed by atoms with Gasteiger partial charge in [-0.15, -0.1) is 23.1 Å². The van der Waals surface area contributed by atoms with Crippen molar-refractivity contribution in [3.63, 3.8) is 0 Å². The van der Waals surface area contributed by atoms with Crippen LogP contribution in [0.25, 0.3) is 0 Å². The van der Waals surface area contributed by atoms with E-state index in [9.17, 15) is 24.3 Å². The van der Waals surface area contributed by atoms with Crippen LogP contribution in [-0.4, -0.2) is 55.8 Å². The van der Waals surface area contributed by atoms with Crippen LogP contribution < -0.4 is 5.32 Å². The quantitative estimate of drug-likeness (QED) is 0.568. The molecule has 3 heterocycles. The van der Waals surface area contributed by atoms with E-state index in [1.807, 2.05) is 0 Å². The van der Waals surface area contributed by atoms with Crippen LogP contribution in [0.15, 0.2) is 17.5 Å². The van der Waals surface area contributed by atoms with Gasteiger partial charge in [-0.1, -0.05) is 6.07 Å². The number of rotatable bonds is 6. The first-order valence-corrected chi connectivity index (χ1v) is 9.57. The number of carbonyl (C=O) groups excluding carboxylic acids is 3. The number of Topliss-reactive ketones (excluding diaryl/α,β-unsaturated/α-hetero) is 1. The SMILES string of the molecule is CC1(C)S[C@@H]2[C@H](NC(=O)CCC(=O)c3cccs3)C(=O)N2[C@H]1C(=O)O. The number of β-lactam (4-membered cyclic amide) rings is 1. The fourth-order valence-corrected chi connectivity index (χ4v) is 5.50. The number of fused-ring (bicyclic) bond motifs is 1. The number of carbonyl (C=O) groups is 4. The fraction of sp³-hybridized carbons (Fsp3) is 0.500. The summed E-state index contributed by atoms with van der Waals surface area (Å²) in [7, 11) is 0. The molecule has 25 heavy (non-hydrogen) atoms. The van der Waals surface area contributed by atoms with E-state index in [0.29, 0.717) is 4.88 Å². The van der Waals surface area contributed by atoms with Crippen molar-refractivity contribution >= 4 is 46.7 Å². The van der Waals surface area contributed by atoms with Crippen LogP contribution in [0.2, 0.25) is 0 Å². The average molecular weight is 382 g/mol. The summed E-state index contributed by atoms with van der Waals surface area (Å²) in [6, 6.07) is 1.86. The normalized spacial score (nSPS) is 26.7. The van der Waals surface area contributed by atoms with Gasteiger partial charge in [0.2, 0.25) is 11.8 Å². The molecule has 2 amide bonds. The summed E-state index contributed by atoms with van der Waals surface area (Å²) in [4.78, 5) is 49.6. The monoisotopic (exact) mass is 382 g/mol. The predicted octanol–water partition coefficient (Wildman–Crippen LogP) is 1.34. The van der Waals surface area contributed by atoms with Crippen LogP contribution in [-0.2, 0) is 14.4 Å². The van der Waals surface area contributed by atoms with E-state index in [1.165, 1.54) is 28.0 Å². The lowest BCUT2D eigenvalue weighted by Crippen LogP contribution is -2.70. The molecule has 1 aromatic rings. The molecule has 0 unspecified atom stereocenters. The Labute approximate surface area is 152 Å². The zero-order valence-corrected chi connectivity index (χ0v) is 15.4. The first-order chi connectivity index (χ1) is 11.7. The van der Waals surface area contributed by atoms with Gasteiger partial charge < -0.3 is 15.3 Å². The molecule has 2 aliphatic rings. The van der Waals surface area contributed by atoms with Crippen LogP contribution in [0, 0.1) is 0 Å². The molecule has 3 atom stereocenters. The van der Waals surface area contributed by atoms with Crippen LogP contribution >= 0.6 is 23.1 Å². The Morgan fingerprint density at radius 1 is 1.32 bits per heavy atom. The molecule has 1 aromatic heterocycles. The van der Waals surface area contributed by atoms with Crippen molar-refractivity contribution in [1.82, 2.24) is 10.2 Å². The number of thioether (sulfide) groups is 1. The van der Waals surface area contributed by atoms with Gasteiger partial charge in [-0.25, -0.2) is 4.79 Å². The molecule has 9 heteroatoms. The van der Waals surface area contributed by atoms with Gasteiger partial charge in [0.15, 0.2) is 5.78 Å². The molecule has 3 rings (SSSR count). The third-order valence-corrected chi connectivity index (χ3v) is 6.85. The fourth-order valence-electron chi connectivity index (χ4n) is 3.18. The van der Waals surface area contributed by atoms with Crippen LogP contribution in [0.5, 0.6) is 0 Å². The highest BCUT2D eigenvalue weighted by atomic mass is 32.2. The Morgan fingerprint density at radius 2 is 2.04 bits per heavy atom. The molecule has 134 valence electrons. The third-order valence-electron chi connectivity index (χ3n) is 4.37. The third kappa shape index (κ3) is 3.18. The van der Waals surface area contributed by atoms with Crippen LogP contribution in [0.4, 0.5) is 0 Å². The number of carboxylic acid groups (broad SMARTS) is 1. The minimum absolute atomic E-state index is 0.00362. The van der Waals surface area contributed by atoms with Gasteiger partial charge in [0.25, 0.3) is 0 Å². The summed E-state index contributed by atoms with van der Waals surface area (Å²) in [5.74, 6) is -1.90. The van der Waals surface area contributed by atoms with Crippen molar-refractivity contribution in [2.45, 2.75) is 48.9 Å². The van der Waals surface area contributed by atoms with Gasteiger partial charge in [0.05, 0.1) is 4.88 Å². The Balaban J connectivity index is 1.56. The van der Waals surface area contributed by atoms with Crippen molar-refractivity contribution < 1.29 is 24.3 Å². The molecule has 0 aromatic carbocycles. The summed E-state index contributed by atoms with van der Waals surface area (Å²) in [6.45, 7) is 3.56. The number of nitrogens with one attached hydrogen (secondary N) is 1. The Hall–Kier alpha value is -1.87. The van der Waals surface area contributed by atoms with Gasteiger partial charge in [0.1, 0.15) is 17.5 Å². The molecule has 0 saturated carbocycles. The van der Waals surface area contributed by atoms with Gasteiger partial charge >= 0.3 is 5.97 Å². The second-order valence-electron chi connectivity index (χ2n) is 6.54. The van der Waals surface area contributed by atoms with Crippen LogP contribution in [0.3, 0.4) is 0 Å². The molecule has 2 saturated heterocycles. The molecule has 7 nitrogen and oxygen atoms in total. The second-order valence-corrected chi connectivity index (χ2v) is 9.26.